The van der Waals surface area contributed by atoms with Gasteiger partial charge in [0.1, 0.15) is 12.4 Å². The Balaban J connectivity index is 1.78. The third kappa shape index (κ3) is 2.79. The van der Waals surface area contributed by atoms with Gasteiger partial charge < -0.3 is 10.1 Å². The summed E-state index contributed by atoms with van der Waals surface area (Å²) in [6.45, 7) is 1.76. The first-order valence-corrected chi connectivity index (χ1v) is 5.35. The average Bonchev–Trinajstić information content (AvgIpc) is 2.22. The summed E-state index contributed by atoms with van der Waals surface area (Å²) in [5.41, 5.74) is 0.419. The molecule has 0 bridgehead atoms. The van der Waals surface area contributed by atoms with Gasteiger partial charge in [-0.25, -0.2) is 4.39 Å². The van der Waals surface area contributed by atoms with Crippen LogP contribution in [0.2, 0.25) is 0 Å². The summed E-state index contributed by atoms with van der Waals surface area (Å²) in [4.78, 5) is 11.4. The number of hydrogen-bond donors (Lipinski definition) is 1. The van der Waals surface area contributed by atoms with Crippen LogP contribution in [0.1, 0.15) is 12.0 Å². The monoisotopic (exact) mass is 223 g/mol. The molecule has 1 aliphatic rings. The second-order valence-corrected chi connectivity index (χ2v) is 3.98. The third-order valence-corrected chi connectivity index (χ3v) is 2.67. The summed E-state index contributed by atoms with van der Waals surface area (Å²) >= 11 is 0. The van der Waals surface area contributed by atoms with Crippen molar-refractivity contribution in [2.75, 3.05) is 13.1 Å². The topological polar surface area (TPSA) is 38.3 Å². The number of benzene rings is 1. The van der Waals surface area contributed by atoms with E-state index >= 15 is 0 Å². The quantitative estimate of drug-likeness (QED) is 0.786. The highest BCUT2D eigenvalue weighted by Crippen LogP contribution is 2.12. The van der Waals surface area contributed by atoms with Crippen LogP contribution >= 0.6 is 0 Å². The number of hydrogen-bond acceptors (Lipinski definition) is 3. The molecule has 1 N–H and O–H groups in total. The molecule has 0 saturated carbocycles. The minimum absolute atomic E-state index is 0.0195. The molecule has 1 aliphatic heterocycles. The van der Waals surface area contributed by atoms with Gasteiger partial charge in [-0.05, 0) is 25.1 Å². The second-order valence-electron chi connectivity index (χ2n) is 3.98. The zero-order valence-electron chi connectivity index (χ0n) is 8.91. The van der Waals surface area contributed by atoms with E-state index in [0.29, 0.717) is 17.9 Å². The average molecular weight is 223 g/mol. The lowest BCUT2D eigenvalue weighted by Crippen LogP contribution is -2.43. The number of ether oxygens (including phenoxy) is 1. The van der Waals surface area contributed by atoms with E-state index in [9.17, 15) is 9.18 Å². The van der Waals surface area contributed by atoms with E-state index in [2.05, 4.69) is 5.32 Å². The number of nitrogens with one attached hydrogen (secondary N) is 1. The zero-order chi connectivity index (χ0) is 11.4. The van der Waals surface area contributed by atoms with Gasteiger partial charge in [0.05, 0.1) is 6.42 Å². The maximum Gasteiger partial charge on any atom is 0.306 e. The van der Waals surface area contributed by atoms with Crippen LogP contribution in [-0.4, -0.2) is 19.1 Å². The van der Waals surface area contributed by atoms with Gasteiger partial charge in [-0.2, -0.15) is 0 Å². The molecule has 0 radical (unpaired) electrons. The molecule has 3 nitrogen and oxygen atoms in total. The summed E-state index contributed by atoms with van der Waals surface area (Å²) in [5, 5.41) is 3.08. The normalized spacial score (nSPS) is 15.6. The van der Waals surface area contributed by atoms with E-state index in [4.69, 9.17) is 4.74 Å². The largest absolute Gasteiger partial charge is 0.461 e. The van der Waals surface area contributed by atoms with Gasteiger partial charge in [-0.3, -0.25) is 4.79 Å². The predicted octanol–water partition coefficient (Wildman–Crippen LogP) is 1.48. The first-order chi connectivity index (χ1) is 7.75. The van der Waals surface area contributed by atoms with Crippen molar-refractivity contribution in [2.24, 2.45) is 5.92 Å². The second kappa shape index (κ2) is 5.07. The Bertz CT molecular complexity index is 377. The summed E-state index contributed by atoms with van der Waals surface area (Å²) in [5.74, 6) is -0.205. The minimum atomic E-state index is -0.333. The van der Waals surface area contributed by atoms with Crippen molar-refractivity contribution in [3.8, 4) is 0 Å². The molecule has 86 valence electrons. The number of carbonyl (C=O) groups excluding carboxylic acids is 1. The van der Waals surface area contributed by atoms with Gasteiger partial charge in [-0.15, -0.1) is 0 Å². The molecule has 1 heterocycles. The third-order valence-electron chi connectivity index (χ3n) is 2.67. The number of esters is 1. The molecule has 16 heavy (non-hydrogen) atoms. The van der Waals surface area contributed by atoms with Gasteiger partial charge in [0, 0.05) is 5.56 Å². The van der Waals surface area contributed by atoms with Gasteiger partial charge >= 0.3 is 5.97 Å². The maximum atomic E-state index is 13.2. The Labute approximate surface area is 93.6 Å². The molecule has 4 heteroatoms. The molecule has 1 aromatic rings. The molecular formula is C12H14FNO2. The van der Waals surface area contributed by atoms with Gasteiger partial charge in [0.15, 0.2) is 0 Å². The Morgan fingerprint density at radius 1 is 1.44 bits per heavy atom. The van der Waals surface area contributed by atoms with Crippen molar-refractivity contribution in [3.05, 3.63) is 35.6 Å². The fourth-order valence-electron chi connectivity index (χ4n) is 1.56. The van der Waals surface area contributed by atoms with Crippen LogP contribution in [0.3, 0.4) is 0 Å². The molecule has 1 saturated heterocycles. The lowest BCUT2D eigenvalue weighted by atomic mass is 10.00. The first kappa shape index (κ1) is 11.1. The van der Waals surface area contributed by atoms with E-state index < -0.39 is 0 Å². The highest BCUT2D eigenvalue weighted by molar-refractivity contribution is 5.69. The van der Waals surface area contributed by atoms with E-state index in [1.165, 1.54) is 6.07 Å². The molecule has 0 amide bonds. The molecule has 0 aromatic heterocycles. The van der Waals surface area contributed by atoms with Gasteiger partial charge in [0.25, 0.3) is 0 Å². The summed E-state index contributed by atoms with van der Waals surface area (Å²) in [7, 11) is 0. The Morgan fingerprint density at radius 3 is 2.81 bits per heavy atom. The fourth-order valence-corrected chi connectivity index (χ4v) is 1.56. The lowest BCUT2D eigenvalue weighted by Gasteiger charge is -2.25. The number of rotatable bonds is 4. The van der Waals surface area contributed by atoms with Crippen molar-refractivity contribution in [3.63, 3.8) is 0 Å². The van der Waals surface area contributed by atoms with Crippen LogP contribution in [0.15, 0.2) is 24.3 Å². The molecule has 2 rings (SSSR count). The fraction of sp³-hybridized carbons (Fsp3) is 0.417. The van der Waals surface area contributed by atoms with Crippen molar-refractivity contribution in [1.29, 1.82) is 0 Å². The molecule has 1 fully saturated rings. The zero-order valence-corrected chi connectivity index (χ0v) is 8.91. The Kier molecular flexibility index (Phi) is 3.51. The number of carbonyl (C=O) groups is 1. The molecule has 0 atom stereocenters. The van der Waals surface area contributed by atoms with Crippen LogP contribution in [0.25, 0.3) is 0 Å². The van der Waals surface area contributed by atoms with Crippen molar-refractivity contribution in [1.82, 2.24) is 5.32 Å². The van der Waals surface area contributed by atoms with Crippen molar-refractivity contribution in [2.45, 2.75) is 13.0 Å². The molecule has 0 unspecified atom stereocenters. The smallest absolute Gasteiger partial charge is 0.306 e. The van der Waals surface area contributed by atoms with Crippen LogP contribution in [0.4, 0.5) is 4.39 Å². The predicted molar refractivity (Wildman–Crippen MR) is 57.2 cm³/mol. The van der Waals surface area contributed by atoms with E-state index in [1.54, 1.807) is 18.2 Å². The van der Waals surface area contributed by atoms with Crippen molar-refractivity contribution < 1.29 is 13.9 Å². The van der Waals surface area contributed by atoms with Crippen LogP contribution in [0, 0.1) is 11.7 Å². The maximum absolute atomic E-state index is 13.2. The summed E-state index contributed by atoms with van der Waals surface area (Å²) < 4.78 is 18.2. The van der Waals surface area contributed by atoms with Crippen LogP contribution in [0.5, 0.6) is 0 Å². The molecular weight excluding hydrogens is 209 g/mol. The van der Waals surface area contributed by atoms with Gasteiger partial charge in [0.2, 0.25) is 0 Å². The molecule has 1 aromatic carbocycles. The highest BCUT2D eigenvalue weighted by atomic mass is 19.1. The summed E-state index contributed by atoms with van der Waals surface area (Å²) in [6, 6.07) is 6.31. The van der Waals surface area contributed by atoms with E-state index in [0.717, 1.165) is 13.1 Å². The lowest BCUT2D eigenvalue weighted by molar-refractivity contribution is -0.146. The Morgan fingerprint density at radius 2 is 2.19 bits per heavy atom. The van der Waals surface area contributed by atoms with Gasteiger partial charge in [-0.1, -0.05) is 18.2 Å². The molecule has 0 aliphatic carbocycles. The van der Waals surface area contributed by atoms with Crippen molar-refractivity contribution >= 4 is 5.97 Å². The highest BCUT2D eigenvalue weighted by Gasteiger charge is 2.20. The van der Waals surface area contributed by atoms with E-state index in [-0.39, 0.29) is 18.4 Å². The Hall–Kier alpha value is -1.42. The number of halogens is 1. The first-order valence-electron chi connectivity index (χ1n) is 5.35. The minimum Gasteiger partial charge on any atom is -0.461 e. The molecule has 0 spiro atoms. The van der Waals surface area contributed by atoms with Crippen LogP contribution in [-0.2, 0) is 16.1 Å². The standard InChI is InChI=1S/C12H14FNO2/c13-11-4-2-1-3-10(11)8-16-12(15)5-9-6-14-7-9/h1-4,9,14H,5-8H2. The SMILES string of the molecule is O=C(CC1CNC1)OCc1ccccc1F. The summed E-state index contributed by atoms with van der Waals surface area (Å²) in [6.07, 6.45) is 0.418. The van der Waals surface area contributed by atoms with E-state index in [1.807, 2.05) is 0 Å². The van der Waals surface area contributed by atoms with Crippen LogP contribution < -0.4 is 5.32 Å².